The van der Waals surface area contributed by atoms with Crippen molar-refractivity contribution in [3.05, 3.63) is 53.6 Å². The zero-order chi connectivity index (χ0) is 21.9. The lowest BCUT2D eigenvalue weighted by Crippen LogP contribution is -2.27. The van der Waals surface area contributed by atoms with Gasteiger partial charge in [-0.05, 0) is 54.3 Å². The SMILES string of the molecule is CCCOc1ccc(/C=C/C(=O)N(C)CCc2ccc(OC)c(OC)c2)cc1OC. The molecule has 1 amide bonds. The lowest BCUT2D eigenvalue weighted by Gasteiger charge is -2.16. The second-order valence-corrected chi connectivity index (χ2v) is 6.79. The Morgan fingerprint density at radius 3 is 2.27 bits per heavy atom. The molecular weight excluding hydrogens is 382 g/mol. The number of nitrogens with zero attached hydrogens (tertiary/aromatic N) is 1. The molecule has 0 aliphatic rings. The molecular formula is C24H31NO5. The maximum atomic E-state index is 12.5. The first-order valence-corrected chi connectivity index (χ1v) is 9.97. The smallest absolute Gasteiger partial charge is 0.246 e. The highest BCUT2D eigenvalue weighted by atomic mass is 16.5. The summed E-state index contributed by atoms with van der Waals surface area (Å²) < 4.78 is 21.6. The van der Waals surface area contributed by atoms with Gasteiger partial charge >= 0.3 is 0 Å². The molecule has 0 atom stereocenters. The second kappa shape index (κ2) is 11.8. The molecule has 0 aliphatic carbocycles. The van der Waals surface area contributed by atoms with E-state index in [0.717, 1.165) is 17.5 Å². The minimum Gasteiger partial charge on any atom is -0.493 e. The van der Waals surface area contributed by atoms with Crippen LogP contribution in [0.25, 0.3) is 6.08 Å². The van der Waals surface area contributed by atoms with E-state index >= 15 is 0 Å². The van der Waals surface area contributed by atoms with Crippen molar-refractivity contribution in [2.24, 2.45) is 0 Å². The van der Waals surface area contributed by atoms with Crippen LogP contribution in [0.2, 0.25) is 0 Å². The number of rotatable bonds is 11. The molecule has 0 N–H and O–H groups in total. The van der Waals surface area contributed by atoms with E-state index in [0.29, 0.717) is 42.6 Å². The third-order valence-corrected chi connectivity index (χ3v) is 4.63. The normalized spacial score (nSPS) is 10.7. The quantitative estimate of drug-likeness (QED) is 0.517. The van der Waals surface area contributed by atoms with E-state index < -0.39 is 0 Å². The van der Waals surface area contributed by atoms with Crippen LogP contribution in [0.5, 0.6) is 23.0 Å². The van der Waals surface area contributed by atoms with Crippen LogP contribution in [0.15, 0.2) is 42.5 Å². The van der Waals surface area contributed by atoms with E-state index in [1.54, 1.807) is 45.4 Å². The highest BCUT2D eigenvalue weighted by Gasteiger charge is 2.09. The number of likely N-dealkylation sites (N-methyl/N-ethyl adjacent to an activating group) is 1. The Labute approximate surface area is 179 Å². The fourth-order valence-corrected chi connectivity index (χ4v) is 2.86. The molecule has 0 fully saturated rings. The predicted molar refractivity (Wildman–Crippen MR) is 119 cm³/mol. The van der Waals surface area contributed by atoms with Crippen molar-refractivity contribution in [1.29, 1.82) is 0 Å². The molecule has 0 aromatic heterocycles. The largest absolute Gasteiger partial charge is 0.493 e. The van der Waals surface area contributed by atoms with Gasteiger partial charge in [0, 0.05) is 19.7 Å². The van der Waals surface area contributed by atoms with Gasteiger partial charge in [0.1, 0.15) is 0 Å². The van der Waals surface area contributed by atoms with Gasteiger partial charge in [0.2, 0.25) is 5.91 Å². The number of carbonyl (C=O) groups is 1. The molecule has 0 unspecified atom stereocenters. The number of carbonyl (C=O) groups excluding carboxylic acids is 1. The highest BCUT2D eigenvalue weighted by molar-refractivity contribution is 5.91. The molecule has 2 rings (SSSR count). The van der Waals surface area contributed by atoms with Crippen molar-refractivity contribution in [3.8, 4) is 23.0 Å². The number of hydrogen-bond acceptors (Lipinski definition) is 5. The number of amides is 1. The molecule has 0 aliphatic heterocycles. The maximum absolute atomic E-state index is 12.5. The molecule has 0 bridgehead atoms. The van der Waals surface area contributed by atoms with Crippen molar-refractivity contribution in [3.63, 3.8) is 0 Å². The van der Waals surface area contributed by atoms with E-state index in [1.165, 1.54) is 0 Å². The second-order valence-electron chi connectivity index (χ2n) is 6.79. The van der Waals surface area contributed by atoms with Crippen molar-refractivity contribution in [2.45, 2.75) is 19.8 Å². The van der Waals surface area contributed by atoms with Gasteiger partial charge < -0.3 is 23.8 Å². The molecule has 0 saturated carbocycles. The molecule has 30 heavy (non-hydrogen) atoms. The van der Waals surface area contributed by atoms with Crippen molar-refractivity contribution in [2.75, 3.05) is 41.5 Å². The van der Waals surface area contributed by atoms with E-state index in [4.69, 9.17) is 18.9 Å². The number of hydrogen-bond donors (Lipinski definition) is 0. The topological polar surface area (TPSA) is 57.2 Å². The first-order valence-electron chi connectivity index (χ1n) is 9.97. The monoisotopic (exact) mass is 413 g/mol. The van der Waals surface area contributed by atoms with Gasteiger partial charge in [0.05, 0.1) is 27.9 Å². The van der Waals surface area contributed by atoms with Crippen LogP contribution in [0.3, 0.4) is 0 Å². The van der Waals surface area contributed by atoms with Crippen LogP contribution in [-0.4, -0.2) is 52.3 Å². The summed E-state index contributed by atoms with van der Waals surface area (Å²) >= 11 is 0. The van der Waals surface area contributed by atoms with E-state index in [-0.39, 0.29) is 5.91 Å². The average Bonchev–Trinajstić information content (AvgIpc) is 2.79. The Bertz CT molecular complexity index is 863. The summed E-state index contributed by atoms with van der Waals surface area (Å²) in [5, 5.41) is 0. The lowest BCUT2D eigenvalue weighted by atomic mass is 10.1. The minimum absolute atomic E-state index is 0.0687. The Morgan fingerprint density at radius 1 is 0.933 bits per heavy atom. The summed E-state index contributed by atoms with van der Waals surface area (Å²) in [6.07, 6.45) is 4.99. The van der Waals surface area contributed by atoms with E-state index in [9.17, 15) is 4.79 Å². The molecule has 6 nitrogen and oxygen atoms in total. The fraction of sp³-hybridized carbons (Fsp3) is 0.375. The maximum Gasteiger partial charge on any atom is 0.246 e. The first-order chi connectivity index (χ1) is 14.5. The standard InChI is InChI=1S/C24H31NO5/c1-6-15-30-21-11-8-18(16-23(21)29-5)9-12-24(26)25(2)14-13-19-7-10-20(27-3)22(17-19)28-4/h7-12,16-17H,6,13-15H2,1-5H3/b12-9+. The molecule has 6 heteroatoms. The third kappa shape index (κ3) is 6.44. The third-order valence-electron chi connectivity index (χ3n) is 4.63. The van der Waals surface area contributed by atoms with Gasteiger partial charge in [-0.1, -0.05) is 19.1 Å². The zero-order valence-electron chi connectivity index (χ0n) is 18.4. The molecule has 0 spiro atoms. The van der Waals surface area contributed by atoms with Gasteiger partial charge in [0.25, 0.3) is 0 Å². The minimum atomic E-state index is -0.0687. The van der Waals surface area contributed by atoms with Crippen LogP contribution in [-0.2, 0) is 11.2 Å². The molecule has 2 aromatic carbocycles. The Balaban J connectivity index is 1.96. The van der Waals surface area contributed by atoms with E-state index in [2.05, 4.69) is 6.92 Å². The zero-order valence-corrected chi connectivity index (χ0v) is 18.4. The number of methoxy groups -OCH3 is 3. The molecule has 0 heterocycles. The Morgan fingerprint density at radius 2 is 1.60 bits per heavy atom. The van der Waals surface area contributed by atoms with Crippen LogP contribution in [0.1, 0.15) is 24.5 Å². The molecule has 0 saturated heterocycles. The first kappa shape index (κ1) is 23.1. The van der Waals surface area contributed by atoms with Crippen LogP contribution in [0.4, 0.5) is 0 Å². The van der Waals surface area contributed by atoms with E-state index in [1.807, 2.05) is 36.4 Å². The summed E-state index contributed by atoms with van der Waals surface area (Å²) in [6, 6.07) is 11.4. The molecule has 2 aromatic rings. The van der Waals surface area contributed by atoms with Crippen molar-refractivity contribution >= 4 is 12.0 Å². The summed E-state index contributed by atoms with van der Waals surface area (Å²) in [5.41, 5.74) is 1.95. The Kier molecular flexibility index (Phi) is 9.06. The van der Waals surface area contributed by atoms with Gasteiger partial charge in [0.15, 0.2) is 23.0 Å². The van der Waals surface area contributed by atoms with Gasteiger partial charge in [-0.15, -0.1) is 0 Å². The summed E-state index contributed by atoms with van der Waals surface area (Å²) in [5.74, 6) is 2.66. The fourth-order valence-electron chi connectivity index (χ4n) is 2.86. The molecule has 162 valence electrons. The summed E-state index contributed by atoms with van der Waals surface area (Å²) in [6.45, 7) is 3.28. The van der Waals surface area contributed by atoms with Crippen molar-refractivity contribution < 1.29 is 23.7 Å². The predicted octanol–water partition coefficient (Wildman–Crippen LogP) is 4.22. The Hall–Kier alpha value is -3.15. The average molecular weight is 414 g/mol. The summed E-state index contributed by atoms with van der Waals surface area (Å²) in [7, 11) is 6.61. The van der Waals surface area contributed by atoms with Crippen LogP contribution >= 0.6 is 0 Å². The number of benzene rings is 2. The van der Waals surface area contributed by atoms with Gasteiger partial charge in [-0.3, -0.25) is 4.79 Å². The van der Waals surface area contributed by atoms with Gasteiger partial charge in [-0.25, -0.2) is 0 Å². The van der Waals surface area contributed by atoms with Crippen LogP contribution in [0, 0.1) is 0 Å². The molecule has 0 radical (unpaired) electrons. The van der Waals surface area contributed by atoms with Crippen LogP contribution < -0.4 is 18.9 Å². The summed E-state index contributed by atoms with van der Waals surface area (Å²) in [4.78, 5) is 14.1. The highest BCUT2D eigenvalue weighted by Crippen LogP contribution is 2.29. The lowest BCUT2D eigenvalue weighted by molar-refractivity contribution is -0.124. The number of ether oxygens (including phenoxy) is 4. The van der Waals surface area contributed by atoms with Gasteiger partial charge in [-0.2, -0.15) is 0 Å². The van der Waals surface area contributed by atoms with Crippen molar-refractivity contribution in [1.82, 2.24) is 4.90 Å².